The van der Waals surface area contributed by atoms with Gasteiger partial charge in [-0.25, -0.2) is 0 Å². The summed E-state index contributed by atoms with van der Waals surface area (Å²) < 4.78 is 0. The first-order valence-electron chi connectivity index (χ1n) is 8.72. The number of hydrogen-bond donors (Lipinski definition) is 0. The second-order valence-electron chi connectivity index (χ2n) is 8.39. The van der Waals surface area contributed by atoms with Crippen LogP contribution in [-0.2, 0) is 9.59 Å². The van der Waals surface area contributed by atoms with Crippen molar-refractivity contribution >= 4 is 11.6 Å². The van der Waals surface area contributed by atoms with Crippen LogP contribution in [0.2, 0.25) is 0 Å². The summed E-state index contributed by atoms with van der Waals surface area (Å²) in [4.78, 5) is 24.1. The first kappa shape index (κ1) is 13.7. The van der Waals surface area contributed by atoms with Crippen molar-refractivity contribution in [3.05, 3.63) is 11.6 Å². The molecule has 2 heteroatoms. The topological polar surface area (TPSA) is 34.1 Å². The average Bonchev–Trinajstić information content (AvgIpc) is 2.76. The van der Waals surface area contributed by atoms with Crippen LogP contribution in [0.3, 0.4) is 0 Å². The summed E-state index contributed by atoms with van der Waals surface area (Å²) in [6.07, 6.45) is 10.2. The third kappa shape index (κ3) is 1.71. The van der Waals surface area contributed by atoms with E-state index in [1.165, 1.54) is 18.4 Å². The van der Waals surface area contributed by atoms with Gasteiger partial charge in [0, 0.05) is 18.3 Å². The van der Waals surface area contributed by atoms with E-state index in [1.54, 1.807) is 0 Å². The summed E-state index contributed by atoms with van der Waals surface area (Å²) in [5, 5.41) is 0. The van der Waals surface area contributed by atoms with Crippen LogP contribution in [0.1, 0.15) is 65.2 Å². The molecular weight excluding hydrogens is 260 g/mol. The molecule has 2 nitrogen and oxygen atoms in total. The van der Waals surface area contributed by atoms with E-state index in [9.17, 15) is 9.59 Å². The first-order chi connectivity index (χ1) is 9.95. The van der Waals surface area contributed by atoms with Crippen molar-refractivity contribution in [2.24, 2.45) is 28.6 Å². The van der Waals surface area contributed by atoms with Crippen LogP contribution in [0, 0.1) is 28.6 Å². The van der Waals surface area contributed by atoms with E-state index in [1.807, 2.05) is 6.08 Å². The normalized spacial score (nSPS) is 49.2. The molecule has 0 aromatic rings. The lowest BCUT2D eigenvalue weighted by Gasteiger charge is -2.56. The standard InChI is InChI=1S/C19H26O2/c1-18-9-7-13(20)11-12(18)3-4-14-15-5-6-17(21)19(15,2)10-8-16(14)18/h11,14-16H,3-10H2,1-2H3/t14-,15+,16-,18-,19+/m1/s1. The second kappa shape index (κ2) is 4.30. The molecule has 0 aromatic carbocycles. The Morgan fingerprint density at radius 2 is 1.67 bits per heavy atom. The Bertz CT molecular complexity index is 546. The van der Waals surface area contributed by atoms with Gasteiger partial charge < -0.3 is 0 Å². The Hall–Kier alpha value is -0.920. The molecule has 0 heterocycles. The Labute approximate surface area is 127 Å². The molecule has 4 rings (SSSR count). The molecule has 4 aliphatic rings. The van der Waals surface area contributed by atoms with Gasteiger partial charge in [0.05, 0.1) is 0 Å². The molecule has 3 fully saturated rings. The third-order valence-electron chi connectivity index (χ3n) is 7.67. The van der Waals surface area contributed by atoms with Crippen molar-refractivity contribution in [1.82, 2.24) is 0 Å². The summed E-state index contributed by atoms with van der Waals surface area (Å²) in [6, 6.07) is 0. The number of Topliss-reactive ketones (excluding diaryl/α,β-unsaturated/α-hetero) is 1. The summed E-state index contributed by atoms with van der Waals surface area (Å²) in [7, 11) is 0. The van der Waals surface area contributed by atoms with E-state index in [0.717, 1.165) is 38.5 Å². The van der Waals surface area contributed by atoms with Crippen molar-refractivity contribution in [2.45, 2.75) is 65.2 Å². The van der Waals surface area contributed by atoms with E-state index in [4.69, 9.17) is 0 Å². The van der Waals surface area contributed by atoms with Gasteiger partial charge in [0.25, 0.3) is 0 Å². The van der Waals surface area contributed by atoms with Gasteiger partial charge in [-0.2, -0.15) is 0 Å². The van der Waals surface area contributed by atoms with Crippen LogP contribution in [0.15, 0.2) is 11.6 Å². The molecule has 0 bridgehead atoms. The van der Waals surface area contributed by atoms with E-state index in [2.05, 4.69) is 13.8 Å². The van der Waals surface area contributed by atoms with Crippen LogP contribution >= 0.6 is 0 Å². The Morgan fingerprint density at radius 3 is 2.48 bits per heavy atom. The minimum atomic E-state index is -0.0246. The number of hydrogen-bond acceptors (Lipinski definition) is 2. The molecule has 114 valence electrons. The Morgan fingerprint density at radius 1 is 0.905 bits per heavy atom. The molecule has 0 aromatic heterocycles. The summed E-state index contributed by atoms with van der Waals surface area (Å²) in [5.41, 5.74) is 1.64. The van der Waals surface area contributed by atoms with Crippen LogP contribution in [-0.4, -0.2) is 11.6 Å². The quantitative estimate of drug-likeness (QED) is 0.672. The van der Waals surface area contributed by atoms with Crippen molar-refractivity contribution < 1.29 is 9.59 Å². The molecule has 0 unspecified atom stereocenters. The van der Waals surface area contributed by atoms with Gasteiger partial charge in [-0.3, -0.25) is 9.59 Å². The fraction of sp³-hybridized carbons (Fsp3) is 0.789. The summed E-state index contributed by atoms with van der Waals surface area (Å²) >= 11 is 0. The van der Waals surface area contributed by atoms with Gasteiger partial charge in [-0.05, 0) is 67.8 Å². The lowest BCUT2D eigenvalue weighted by Crippen LogP contribution is -2.50. The molecular formula is C19H26O2. The zero-order valence-corrected chi connectivity index (χ0v) is 13.3. The minimum absolute atomic E-state index is 0.0246. The predicted octanol–water partition coefficient (Wildman–Crippen LogP) is 4.09. The lowest BCUT2D eigenvalue weighted by atomic mass is 9.47. The maximum atomic E-state index is 12.4. The van der Waals surface area contributed by atoms with Gasteiger partial charge in [0.15, 0.2) is 5.78 Å². The van der Waals surface area contributed by atoms with Crippen molar-refractivity contribution in [3.8, 4) is 0 Å². The predicted molar refractivity (Wildman–Crippen MR) is 81.7 cm³/mol. The Kier molecular flexibility index (Phi) is 2.81. The van der Waals surface area contributed by atoms with E-state index >= 15 is 0 Å². The largest absolute Gasteiger partial charge is 0.299 e. The third-order valence-corrected chi connectivity index (χ3v) is 7.67. The van der Waals surface area contributed by atoms with Gasteiger partial charge >= 0.3 is 0 Å². The van der Waals surface area contributed by atoms with E-state index in [0.29, 0.717) is 29.3 Å². The highest BCUT2D eigenvalue weighted by molar-refractivity contribution is 5.91. The fourth-order valence-electron chi connectivity index (χ4n) is 6.33. The SMILES string of the molecule is C[C@@]12CCC(=O)C=C1CC[C@H]1[C@H]2CC[C@]2(C)C(=O)CC[C@@H]12. The van der Waals surface area contributed by atoms with E-state index < -0.39 is 0 Å². The number of rotatable bonds is 0. The first-order valence-corrected chi connectivity index (χ1v) is 8.72. The van der Waals surface area contributed by atoms with Crippen molar-refractivity contribution in [2.75, 3.05) is 0 Å². The molecule has 3 saturated carbocycles. The molecule has 0 radical (unpaired) electrons. The molecule has 0 aliphatic heterocycles. The van der Waals surface area contributed by atoms with Crippen molar-refractivity contribution in [1.29, 1.82) is 0 Å². The second-order valence-corrected chi connectivity index (χ2v) is 8.39. The van der Waals surface area contributed by atoms with Gasteiger partial charge in [-0.15, -0.1) is 0 Å². The summed E-state index contributed by atoms with van der Waals surface area (Å²) in [5.74, 6) is 2.88. The minimum Gasteiger partial charge on any atom is -0.299 e. The molecule has 21 heavy (non-hydrogen) atoms. The smallest absolute Gasteiger partial charge is 0.155 e. The number of fused-ring (bicyclic) bond motifs is 5. The van der Waals surface area contributed by atoms with Crippen LogP contribution in [0.25, 0.3) is 0 Å². The fourth-order valence-corrected chi connectivity index (χ4v) is 6.33. The van der Waals surface area contributed by atoms with Crippen molar-refractivity contribution in [3.63, 3.8) is 0 Å². The maximum absolute atomic E-state index is 12.4. The van der Waals surface area contributed by atoms with E-state index in [-0.39, 0.29) is 10.8 Å². The average molecular weight is 286 g/mol. The van der Waals surface area contributed by atoms with Crippen LogP contribution in [0.4, 0.5) is 0 Å². The zero-order chi connectivity index (χ0) is 14.8. The molecule has 0 saturated heterocycles. The van der Waals surface area contributed by atoms with Gasteiger partial charge in [0.2, 0.25) is 0 Å². The number of allylic oxidation sites excluding steroid dienone is 1. The maximum Gasteiger partial charge on any atom is 0.155 e. The monoisotopic (exact) mass is 286 g/mol. The number of carbonyl (C=O) groups is 2. The number of ketones is 2. The van der Waals surface area contributed by atoms with Crippen LogP contribution < -0.4 is 0 Å². The molecule has 0 amide bonds. The highest BCUT2D eigenvalue weighted by Crippen LogP contribution is 2.64. The summed E-state index contributed by atoms with van der Waals surface area (Å²) in [6.45, 7) is 4.64. The highest BCUT2D eigenvalue weighted by Gasteiger charge is 2.58. The molecule has 0 spiro atoms. The number of carbonyl (C=O) groups excluding carboxylic acids is 2. The molecule has 5 atom stereocenters. The zero-order valence-electron chi connectivity index (χ0n) is 13.3. The Balaban J connectivity index is 1.70. The lowest BCUT2D eigenvalue weighted by molar-refractivity contribution is -0.132. The molecule has 0 N–H and O–H groups in total. The van der Waals surface area contributed by atoms with Gasteiger partial charge in [0.1, 0.15) is 5.78 Å². The van der Waals surface area contributed by atoms with Gasteiger partial charge in [-0.1, -0.05) is 19.4 Å². The highest BCUT2D eigenvalue weighted by atomic mass is 16.1. The molecule has 4 aliphatic carbocycles. The van der Waals surface area contributed by atoms with Crippen LogP contribution in [0.5, 0.6) is 0 Å².